The molecule has 0 spiro atoms. The number of hydrogen-bond donors (Lipinski definition) is 0. The lowest BCUT2D eigenvalue weighted by Gasteiger charge is -2.04. The minimum absolute atomic E-state index is 0.514. The van der Waals surface area contributed by atoms with Gasteiger partial charge in [-0.1, -0.05) is 29.3 Å². The molecule has 0 unspecified atom stereocenters. The zero-order valence-corrected chi connectivity index (χ0v) is 10.7. The lowest BCUT2D eigenvalue weighted by atomic mass is 10.1. The fraction of sp³-hybridized carbons (Fsp3) is 0. The van der Waals surface area contributed by atoms with Crippen LogP contribution in [0.5, 0.6) is 0 Å². The van der Waals surface area contributed by atoms with Crippen molar-refractivity contribution in [1.29, 1.82) is 0 Å². The summed E-state index contributed by atoms with van der Waals surface area (Å²) in [6.07, 6.45) is 3.19. The van der Waals surface area contributed by atoms with Gasteiger partial charge in [0.2, 0.25) is 0 Å². The number of pyridine rings is 1. The second-order valence-corrected chi connectivity index (χ2v) is 4.57. The smallest absolute Gasteiger partial charge is 0.116 e. The first-order chi connectivity index (χ1) is 8.74. The molecule has 0 radical (unpaired) electrons. The SMILES string of the molecule is Clc1ccc(-c2ccc3ncncc3n2)cc1Cl. The van der Waals surface area contributed by atoms with E-state index in [1.165, 1.54) is 6.33 Å². The Hall–Kier alpha value is -1.71. The molecule has 5 heteroatoms. The van der Waals surface area contributed by atoms with Crippen molar-refractivity contribution in [1.82, 2.24) is 15.0 Å². The highest BCUT2D eigenvalue weighted by Crippen LogP contribution is 2.28. The van der Waals surface area contributed by atoms with Crippen LogP contribution in [0.3, 0.4) is 0 Å². The summed E-state index contributed by atoms with van der Waals surface area (Å²) in [5, 5.41) is 1.05. The first kappa shape index (κ1) is 11.4. The van der Waals surface area contributed by atoms with Crippen LogP contribution in [-0.2, 0) is 0 Å². The van der Waals surface area contributed by atoms with Gasteiger partial charge in [-0.05, 0) is 24.3 Å². The molecular weight excluding hydrogens is 269 g/mol. The normalized spacial score (nSPS) is 10.8. The van der Waals surface area contributed by atoms with E-state index in [9.17, 15) is 0 Å². The first-order valence-electron chi connectivity index (χ1n) is 5.26. The van der Waals surface area contributed by atoms with Gasteiger partial charge < -0.3 is 0 Å². The topological polar surface area (TPSA) is 38.7 Å². The molecule has 2 aromatic heterocycles. The first-order valence-corrected chi connectivity index (χ1v) is 6.02. The summed E-state index contributed by atoms with van der Waals surface area (Å²) in [6.45, 7) is 0. The van der Waals surface area contributed by atoms with Crippen LogP contribution in [-0.4, -0.2) is 15.0 Å². The summed E-state index contributed by atoms with van der Waals surface area (Å²) in [4.78, 5) is 12.6. The van der Waals surface area contributed by atoms with Crippen LogP contribution in [0.4, 0.5) is 0 Å². The van der Waals surface area contributed by atoms with Gasteiger partial charge in [0.15, 0.2) is 0 Å². The van der Waals surface area contributed by atoms with Crippen LogP contribution in [0.25, 0.3) is 22.3 Å². The number of fused-ring (bicyclic) bond motifs is 1. The highest BCUT2D eigenvalue weighted by molar-refractivity contribution is 6.42. The van der Waals surface area contributed by atoms with Crippen LogP contribution in [0.2, 0.25) is 10.0 Å². The van der Waals surface area contributed by atoms with Crippen LogP contribution < -0.4 is 0 Å². The van der Waals surface area contributed by atoms with Crippen molar-refractivity contribution in [2.24, 2.45) is 0 Å². The Morgan fingerprint density at radius 3 is 2.61 bits per heavy atom. The second-order valence-electron chi connectivity index (χ2n) is 3.75. The van der Waals surface area contributed by atoms with Gasteiger partial charge in [0.25, 0.3) is 0 Å². The number of aromatic nitrogens is 3. The zero-order chi connectivity index (χ0) is 12.5. The fourth-order valence-electron chi connectivity index (χ4n) is 1.69. The summed E-state index contributed by atoms with van der Waals surface area (Å²) in [7, 11) is 0. The summed E-state index contributed by atoms with van der Waals surface area (Å²) in [5.41, 5.74) is 3.29. The molecule has 3 rings (SSSR count). The molecule has 0 aliphatic carbocycles. The van der Waals surface area contributed by atoms with E-state index in [4.69, 9.17) is 23.2 Å². The number of halogens is 2. The quantitative estimate of drug-likeness (QED) is 0.674. The Labute approximate surface area is 113 Å². The molecule has 0 N–H and O–H groups in total. The van der Waals surface area contributed by atoms with Gasteiger partial charge in [-0.2, -0.15) is 0 Å². The van der Waals surface area contributed by atoms with E-state index < -0.39 is 0 Å². The molecule has 0 aliphatic rings. The van der Waals surface area contributed by atoms with Crippen molar-refractivity contribution in [3.63, 3.8) is 0 Å². The molecule has 88 valence electrons. The van der Waals surface area contributed by atoms with E-state index >= 15 is 0 Å². The zero-order valence-electron chi connectivity index (χ0n) is 9.14. The highest BCUT2D eigenvalue weighted by Gasteiger charge is 2.04. The van der Waals surface area contributed by atoms with Gasteiger partial charge in [-0.15, -0.1) is 0 Å². The molecule has 0 atom stereocenters. The maximum atomic E-state index is 6.00. The lowest BCUT2D eigenvalue weighted by Crippen LogP contribution is -1.88. The molecule has 3 aromatic rings. The van der Waals surface area contributed by atoms with Crippen LogP contribution in [0.1, 0.15) is 0 Å². The molecule has 0 bridgehead atoms. The van der Waals surface area contributed by atoms with Crippen LogP contribution >= 0.6 is 23.2 Å². The van der Waals surface area contributed by atoms with Crippen molar-refractivity contribution >= 4 is 34.2 Å². The molecule has 0 aliphatic heterocycles. The van der Waals surface area contributed by atoms with Gasteiger partial charge in [0, 0.05) is 5.56 Å². The van der Waals surface area contributed by atoms with Crippen molar-refractivity contribution in [2.45, 2.75) is 0 Å². The molecule has 3 nitrogen and oxygen atoms in total. The van der Waals surface area contributed by atoms with E-state index in [0.717, 1.165) is 22.3 Å². The van der Waals surface area contributed by atoms with Gasteiger partial charge in [-0.3, -0.25) is 0 Å². The fourth-order valence-corrected chi connectivity index (χ4v) is 1.99. The van der Waals surface area contributed by atoms with Gasteiger partial charge in [0.05, 0.1) is 27.5 Å². The predicted octanol–water partition coefficient (Wildman–Crippen LogP) is 4.00. The van der Waals surface area contributed by atoms with Crippen molar-refractivity contribution < 1.29 is 0 Å². The maximum Gasteiger partial charge on any atom is 0.116 e. The monoisotopic (exact) mass is 275 g/mol. The maximum absolute atomic E-state index is 6.00. The standard InChI is InChI=1S/C13H7Cl2N3/c14-9-2-1-8(5-10(9)15)11-3-4-12-13(18-11)6-16-7-17-12/h1-7H. The molecule has 1 aromatic carbocycles. The van der Waals surface area contributed by atoms with Crippen LogP contribution in [0.15, 0.2) is 42.9 Å². The summed E-state index contributed by atoms with van der Waals surface area (Å²) in [5.74, 6) is 0. The largest absolute Gasteiger partial charge is 0.245 e. The number of benzene rings is 1. The van der Waals surface area contributed by atoms with E-state index in [1.807, 2.05) is 18.2 Å². The summed E-state index contributed by atoms with van der Waals surface area (Å²) >= 11 is 11.9. The molecule has 0 fully saturated rings. The number of hydrogen-bond acceptors (Lipinski definition) is 3. The van der Waals surface area contributed by atoms with Crippen molar-refractivity contribution in [3.8, 4) is 11.3 Å². The Morgan fingerprint density at radius 1 is 0.889 bits per heavy atom. The average molecular weight is 276 g/mol. The third-order valence-electron chi connectivity index (χ3n) is 2.58. The molecule has 0 amide bonds. The van der Waals surface area contributed by atoms with Gasteiger partial charge >= 0.3 is 0 Å². The summed E-state index contributed by atoms with van der Waals surface area (Å²) in [6, 6.07) is 9.23. The molecular formula is C13H7Cl2N3. The average Bonchev–Trinajstić information content (AvgIpc) is 2.41. The van der Waals surface area contributed by atoms with Crippen LogP contribution in [0, 0.1) is 0 Å². The second kappa shape index (κ2) is 4.52. The third kappa shape index (κ3) is 2.03. The minimum Gasteiger partial charge on any atom is -0.245 e. The highest BCUT2D eigenvalue weighted by atomic mass is 35.5. The Morgan fingerprint density at radius 2 is 1.78 bits per heavy atom. The van der Waals surface area contributed by atoms with E-state index in [1.54, 1.807) is 18.3 Å². The Bertz CT molecular complexity index is 728. The molecule has 0 saturated heterocycles. The number of rotatable bonds is 1. The summed E-state index contributed by atoms with van der Waals surface area (Å²) < 4.78 is 0. The third-order valence-corrected chi connectivity index (χ3v) is 3.32. The Kier molecular flexibility index (Phi) is 2.86. The van der Waals surface area contributed by atoms with Crippen molar-refractivity contribution in [2.75, 3.05) is 0 Å². The molecule has 2 heterocycles. The minimum atomic E-state index is 0.514. The predicted molar refractivity (Wildman–Crippen MR) is 72.8 cm³/mol. The number of nitrogens with zero attached hydrogens (tertiary/aromatic N) is 3. The van der Waals surface area contributed by atoms with Crippen molar-refractivity contribution in [3.05, 3.63) is 52.9 Å². The van der Waals surface area contributed by atoms with E-state index in [2.05, 4.69) is 15.0 Å². The molecule has 0 saturated carbocycles. The van der Waals surface area contributed by atoms with E-state index in [0.29, 0.717) is 10.0 Å². The Balaban J connectivity index is 2.16. The molecule has 18 heavy (non-hydrogen) atoms. The lowest BCUT2D eigenvalue weighted by molar-refractivity contribution is 1.20. The van der Waals surface area contributed by atoms with Gasteiger partial charge in [-0.25, -0.2) is 15.0 Å². The van der Waals surface area contributed by atoms with Gasteiger partial charge in [0.1, 0.15) is 11.8 Å². The van der Waals surface area contributed by atoms with E-state index in [-0.39, 0.29) is 0 Å².